The summed E-state index contributed by atoms with van der Waals surface area (Å²) in [6, 6.07) is 0. The largest absolute Gasteiger partial charge is 0.459 e. The summed E-state index contributed by atoms with van der Waals surface area (Å²) in [5.41, 5.74) is -1.03. The van der Waals surface area contributed by atoms with Crippen LogP contribution in [0.5, 0.6) is 0 Å². The summed E-state index contributed by atoms with van der Waals surface area (Å²) >= 11 is 0. The highest BCUT2D eigenvalue weighted by atomic mass is 16.8. The molecular formula is C55H86O23. The molecule has 5 saturated heterocycles. The molecule has 6 aliphatic heterocycles. The highest BCUT2D eigenvalue weighted by Crippen LogP contribution is 2.70. The minimum Gasteiger partial charge on any atom is -0.459 e. The Morgan fingerprint density at radius 2 is 1.18 bits per heavy atom. The molecule has 78 heavy (non-hydrogen) atoms. The average Bonchev–Trinajstić information content (AvgIpc) is 4.06. The number of esters is 2. The maximum Gasteiger partial charge on any atom is 0.331 e. The van der Waals surface area contributed by atoms with Gasteiger partial charge < -0.3 is 103 Å². The average molecular weight is 1120 g/mol. The van der Waals surface area contributed by atoms with E-state index in [2.05, 4.69) is 6.92 Å². The number of aliphatic hydroxyl groups is 9. The summed E-state index contributed by atoms with van der Waals surface area (Å²) in [7, 11) is 0. The zero-order valence-corrected chi connectivity index (χ0v) is 45.8. The van der Waals surface area contributed by atoms with Gasteiger partial charge in [-0.2, -0.15) is 0 Å². The third kappa shape index (κ3) is 11.0. The molecule has 6 heterocycles. The highest BCUT2D eigenvalue weighted by molar-refractivity contribution is 5.85. The van der Waals surface area contributed by atoms with Crippen LogP contribution in [0.1, 0.15) is 126 Å². The second-order valence-electron chi connectivity index (χ2n) is 24.9. The van der Waals surface area contributed by atoms with Gasteiger partial charge in [-0.25, -0.2) is 4.79 Å². The van der Waals surface area contributed by atoms with Crippen molar-refractivity contribution in [3.8, 4) is 0 Å². The predicted octanol–water partition coefficient (Wildman–Crippen LogP) is 0.494. The van der Waals surface area contributed by atoms with Crippen molar-refractivity contribution in [3.63, 3.8) is 0 Å². The van der Waals surface area contributed by atoms with Gasteiger partial charge in [0, 0.05) is 44.1 Å². The van der Waals surface area contributed by atoms with E-state index >= 15 is 0 Å². The molecule has 30 atom stereocenters. The summed E-state index contributed by atoms with van der Waals surface area (Å²) in [6.07, 6.45) is -15.0. The topological polar surface area (TPSA) is 327 Å². The minimum atomic E-state index is -1.70. The molecule has 4 aliphatic carbocycles. The maximum atomic E-state index is 12.7. The Morgan fingerprint density at radius 3 is 1.71 bits per heavy atom. The van der Waals surface area contributed by atoms with Gasteiger partial charge in [-0.05, 0) is 114 Å². The molecular weight excluding hydrogens is 1030 g/mol. The van der Waals surface area contributed by atoms with E-state index in [9.17, 15) is 55.5 Å². The number of aliphatic hydroxyl groups excluding tert-OH is 8. The monoisotopic (exact) mass is 1110 g/mol. The van der Waals surface area contributed by atoms with Gasteiger partial charge in [-0.3, -0.25) is 4.79 Å². The van der Waals surface area contributed by atoms with Crippen molar-refractivity contribution in [2.45, 2.75) is 272 Å². The first kappa shape index (κ1) is 59.1. The van der Waals surface area contributed by atoms with Gasteiger partial charge in [-0.15, -0.1) is 0 Å². The molecule has 9 N–H and O–H groups in total. The van der Waals surface area contributed by atoms with Crippen LogP contribution in [0.3, 0.4) is 0 Å². The van der Waals surface area contributed by atoms with Crippen molar-refractivity contribution in [2.75, 3.05) is 13.2 Å². The van der Waals surface area contributed by atoms with Crippen LogP contribution in [0.2, 0.25) is 0 Å². The van der Waals surface area contributed by atoms with Gasteiger partial charge in [0.05, 0.1) is 67.1 Å². The van der Waals surface area contributed by atoms with E-state index in [1.165, 1.54) is 6.92 Å². The van der Waals surface area contributed by atoms with Crippen LogP contribution in [0.4, 0.5) is 0 Å². The molecule has 0 unspecified atom stereocenters. The SMILES string of the molecule is CC(=O)O[C@@H]1C[C@H](O[C@H]2[C@H](O)C[C@H](O[C@H]3[C@H](O)C[C@H](O[C@H]4[C@H](O)C[C@H](O[C@@H]5CC[C@]6(C)[C@@H](CC[C@@H]7[C@@H]6C[C@@H](O)[C@]6(C)[C@@H](C8=CC(=O)OC8)CC[C@@]76O)C5)O[C@@H]4C)O[C@@H]3C)O[C@@H]2C)O[C@H](C)[C@H]1O[C@H]1O[C@@H](CO)[C@H](O)[C@@H](O)[C@@H]1O. The number of fused-ring (bicyclic) bond motifs is 5. The second-order valence-corrected chi connectivity index (χ2v) is 24.9. The quantitative estimate of drug-likeness (QED) is 0.0895. The number of hydrogen-bond donors (Lipinski definition) is 9. The van der Waals surface area contributed by atoms with E-state index in [1.807, 2.05) is 13.8 Å². The van der Waals surface area contributed by atoms with Gasteiger partial charge in [0.1, 0.15) is 61.5 Å². The van der Waals surface area contributed by atoms with Crippen molar-refractivity contribution in [1.29, 1.82) is 0 Å². The summed E-state index contributed by atoms with van der Waals surface area (Å²) < 4.78 is 72.6. The molecule has 0 bridgehead atoms. The Balaban J connectivity index is 0.671. The zero-order chi connectivity index (χ0) is 55.9. The molecule has 444 valence electrons. The van der Waals surface area contributed by atoms with Crippen molar-refractivity contribution in [2.24, 2.45) is 34.5 Å². The zero-order valence-electron chi connectivity index (χ0n) is 45.8. The number of rotatable bonds is 13. The number of cyclic esters (lactones) is 1. The van der Waals surface area contributed by atoms with E-state index in [1.54, 1.807) is 26.8 Å². The molecule has 23 nitrogen and oxygen atoms in total. The van der Waals surface area contributed by atoms with Crippen LogP contribution >= 0.6 is 0 Å². The normalized spacial score (nSPS) is 53.6. The van der Waals surface area contributed by atoms with Gasteiger partial charge in [-0.1, -0.05) is 13.8 Å². The summed E-state index contributed by atoms with van der Waals surface area (Å²) in [6.45, 7) is 12.0. The number of hydrogen-bond acceptors (Lipinski definition) is 23. The Labute approximate surface area is 455 Å². The van der Waals surface area contributed by atoms with Crippen LogP contribution in [0.15, 0.2) is 11.6 Å². The first-order chi connectivity index (χ1) is 36.9. The lowest BCUT2D eigenvalue weighted by molar-refractivity contribution is -0.357. The lowest BCUT2D eigenvalue weighted by Gasteiger charge is -2.65. The van der Waals surface area contributed by atoms with E-state index in [4.69, 9.17) is 56.8 Å². The smallest absolute Gasteiger partial charge is 0.331 e. The van der Waals surface area contributed by atoms with Gasteiger partial charge in [0.2, 0.25) is 0 Å². The van der Waals surface area contributed by atoms with Gasteiger partial charge in [0.25, 0.3) is 0 Å². The first-order valence-corrected chi connectivity index (χ1v) is 28.6. The Hall–Kier alpha value is -2.08. The standard InChI is InChI=1S/C55H86O23/c1-23-48(34(58)17-41(68-23)73-30-10-12-53(6)29(15-30)8-9-32-33(53)16-39(61)54(7)31(11-13-55(32,54)66)28-14-40(62)67-22-28)75-42-18-35(59)49(24(2)69-42)76-43-19-36(60)50(25(3)70-43)77-44-20-37(72-27(5)57)51(26(4)71-44)78-52-47(65)46(64)45(63)38(21-56)74-52/h14,23-26,29-39,41-52,56,58-61,63-66H,8-13,15-22H2,1-7H3/t23-,24-,25-,26-,29+,30-,31-,32-,33+,34-,35-,36-,37-,38+,39-,41+,42+,43+,44+,45+,46-,47+,48-,49-,50-,51-,52-,53-,54+,55-/m1/s1. The molecule has 0 aromatic heterocycles. The third-order valence-corrected chi connectivity index (χ3v) is 20.3. The van der Waals surface area contributed by atoms with E-state index in [0.29, 0.717) is 25.2 Å². The van der Waals surface area contributed by atoms with E-state index in [-0.39, 0.29) is 67.5 Å². The fraction of sp³-hybridized carbons (Fsp3) is 0.927. The van der Waals surface area contributed by atoms with E-state index in [0.717, 1.165) is 37.7 Å². The van der Waals surface area contributed by atoms with Gasteiger partial charge >= 0.3 is 11.9 Å². The van der Waals surface area contributed by atoms with Crippen molar-refractivity contribution in [1.82, 2.24) is 0 Å². The Morgan fingerprint density at radius 1 is 0.628 bits per heavy atom. The molecule has 0 radical (unpaired) electrons. The van der Waals surface area contributed by atoms with Crippen LogP contribution in [-0.2, 0) is 66.4 Å². The molecule has 10 rings (SSSR count). The summed E-state index contributed by atoms with van der Waals surface area (Å²) in [5.74, 6) is -0.609. The van der Waals surface area contributed by atoms with Crippen molar-refractivity contribution >= 4 is 11.9 Å². The lowest BCUT2D eigenvalue weighted by Crippen LogP contribution is -2.67. The Bertz CT molecular complexity index is 2100. The third-order valence-electron chi connectivity index (χ3n) is 20.3. The van der Waals surface area contributed by atoms with Crippen LogP contribution in [-0.4, -0.2) is 218 Å². The number of carbonyl (C=O) groups excluding carboxylic acids is 2. The maximum absolute atomic E-state index is 12.7. The van der Waals surface area contributed by atoms with Crippen LogP contribution < -0.4 is 0 Å². The fourth-order valence-corrected chi connectivity index (χ4v) is 16.1. The molecule has 0 aromatic rings. The fourth-order valence-electron chi connectivity index (χ4n) is 16.1. The number of ether oxygens (including phenoxy) is 12. The van der Waals surface area contributed by atoms with Crippen molar-refractivity contribution in [3.05, 3.63) is 11.6 Å². The highest BCUT2D eigenvalue weighted by Gasteiger charge is 2.71. The Kier molecular flexibility index (Phi) is 17.6. The van der Waals surface area contributed by atoms with E-state index < -0.39 is 159 Å². The summed E-state index contributed by atoms with van der Waals surface area (Å²) in [5, 5.41) is 99.7. The lowest BCUT2D eigenvalue weighted by atomic mass is 9.42. The second kappa shape index (κ2) is 23.2. The van der Waals surface area contributed by atoms with Crippen LogP contribution in [0, 0.1) is 34.5 Å². The molecule has 0 spiro atoms. The molecule has 10 aliphatic rings. The predicted molar refractivity (Wildman–Crippen MR) is 265 cm³/mol. The first-order valence-electron chi connectivity index (χ1n) is 28.6. The molecule has 0 amide bonds. The molecule has 23 heteroatoms. The summed E-state index contributed by atoms with van der Waals surface area (Å²) in [4.78, 5) is 24.2. The molecule has 0 aromatic carbocycles. The minimum absolute atomic E-state index is 0.00954. The number of carbonyl (C=O) groups is 2. The molecule has 9 fully saturated rings. The molecule has 4 saturated carbocycles. The van der Waals surface area contributed by atoms with Crippen molar-refractivity contribution < 1.29 is 112 Å². The van der Waals surface area contributed by atoms with Crippen LogP contribution in [0.25, 0.3) is 0 Å². The van der Waals surface area contributed by atoms with Gasteiger partial charge in [0.15, 0.2) is 31.5 Å².